The smallest absolute Gasteiger partial charge is 0.183 e. The predicted molar refractivity (Wildman–Crippen MR) is 151 cm³/mol. The SMILES string of the molecule is CC(C)CCCCCCCOCCCN.CCCCCCC(C)(C)SSc1n[nH]c(=S)s1. The molecule has 0 saturated carbocycles. The number of H-pyrrole nitrogens is 1. The fourth-order valence-electron chi connectivity index (χ4n) is 2.99. The average molecular weight is 524 g/mol. The lowest BCUT2D eigenvalue weighted by molar-refractivity contribution is 0.129. The Labute approximate surface area is 215 Å². The van der Waals surface area contributed by atoms with Gasteiger partial charge in [-0.25, -0.2) is 0 Å². The summed E-state index contributed by atoms with van der Waals surface area (Å²) in [6.45, 7) is 14.0. The average Bonchev–Trinajstić information content (AvgIpc) is 3.17. The fraction of sp³-hybridized carbons (Fsp3) is 0.917. The number of hydrogen-bond acceptors (Lipinski definition) is 7. The van der Waals surface area contributed by atoms with Crippen LogP contribution < -0.4 is 5.73 Å². The third-order valence-corrected chi connectivity index (χ3v) is 9.70. The molecule has 0 saturated heterocycles. The number of aromatic nitrogens is 2. The van der Waals surface area contributed by atoms with Gasteiger partial charge >= 0.3 is 0 Å². The highest BCUT2D eigenvalue weighted by atomic mass is 33.1. The van der Waals surface area contributed by atoms with Gasteiger partial charge in [-0.15, -0.1) is 0 Å². The van der Waals surface area contributed by atoms with Crippen molar-refractivity contribution in [3.63, 3.8) is 0 Å². The lowest BCUT2D eigenvalue weighted by atomic mass is 10.0. The van der Waals surface area contributed by atoms with Gasteiger partial charge in [0.2, 0.25) is 0 Å². The van der Waals surface area contributed by atoms with Gasteiger partial charge in [-0.05, 0) is 68.6 Å². The first kappa shape index (κ1) is 32.4. The van der Waals surface area contributed by atoms with Crippen molar-refractivity contribution in [2.75, 3.05) is 19.8 Å². The third kappa shape index (κ3) is 22.2. The van der Waals surface area contributed by atoms with E-state index in [-0.39, 0.29) is 0 Å². The van der Waals surface area contributed by atoms with Crippen LogP contribution in [0.25, 0.3) is 0 Å². The van der Waals surface area contributed by atoms with E-state index >= 15 is 0 Å². The molecule has 1 rings (SSSR count). The standard InChI is InChI=1S/C13H29NO.C11H20N2S4/c1-13(2)9-6-4-3-5-7-11-15-12-8-10-14;1-4-5-6-7-8-11(2,3)17-16-10-13-12-9(14)15-10/h13H,3-12,14H2,1-2H3;4-8H2,1-3H3,(H,12,14). The summed E-state index contributed by atoms with van der Waals surface area (Å²) in [7, 11) is 3.64. The van der Waals surface area contributed by atoms with Gasteiger partial charge in [0.1, 0.15) is 0 Å². The Kier molecular flexibility index (Phi) is 22.2. The molecule has 0 aliphatic carbocycles. The monoisotopic (exact) mass is 523 g/mol. The topological polar surface area (TPSA) is 63.9 Å². The van der Waals surface area contributed by atoms with E-state index in [0.29, 0.717) is 4.75 Å². The molecule has 190 valence electrons. The Morgan fingerprint density at radius 1 is 1.03 bits per heavy atom. The molecule has 1 aromatic heterocycles. The maximum atomic E-state index is 5.44. The highest BCUT2D eigenvalue weighted by Gasteiger charge is 2.19. The quantitative estimate of drug-likeness (QED) is 0.107. The van der Waals surface area contributed by atoms with Crippen molar-refractivity contribution in [3.8, 4) is 0 Å². The number of aromatic amines is 1. The van der Waals surface area contributed by atoms with Gasteiger partial charge < -0.3 is 10.5 Å². The molecule has 0 unspecified atom stereocenters. The van der Waals surface area contributed by atoms with Crippen molar-refractivity contribution >= 4 is 45.1 Å². The summed E-state index contributed by atoms with van der Waals surface area (Å²) in [4.78, 5) is 0. The first-order valence-corrected chi connectivity index (χ1v) is 15.9. The molecule has 0 bridgehead atoms. The van der Waals surface area contributed by atoms with Crippen molar-refractivity contribution in [3.05, 3.63) is 3.95 Å². The van der Waals surface area contributed by atoms with E-state index in [4.69, 9.17) is 22.7 Å². The molecule has 32 heavy (non-hydrogen) atoms. The van der Waals surface area contributed by atoms with Crippen LogP contribution in [0.1, 0.15) is 112 Å². The van der Waals surface area contributed by atoms with Crippen molar-refractivity contribution in [2.45, 2.75) is 121 Å². The number of nitrogens with one attached hydrogen (secondary N) is 1. The molecule has 0 amide bonds. The largest absolute Gasteiger partial charge is 0.381 e. The number of rotatable bonds is 19. The van der Waals surface area contributed by atoms with Crippen LogP contribution in [0.15, 0.2) is 4.34 Å². The van der Waals surface area contributed by atoms with E-state index in [0.717, 1.165) is 40.4 Å². The van der Waals surface area contributed by atoms with E-state index in [1.54, 1.807) is 22.1 Å². The van der Waals surface area contributed by atoms with Gasteiger partial charge in [0.15, 0.2) is 8.29 Å². The Balaban J connectivity index is 0.000000607. The van der Waals surface area contributed by atoms with E-state index in [1.807, 2.05) is 10.8 Å². The Morgan fingerprint density at radius 3 is 2.31 bits per heavy atom. The Hall–Kier alpha value is 0.400. The molecule has 4 nitrogen and oxygen atoms in total. The van der Waals surface area contributed by atoms with Crippen LogP contribution in [0.4, 0.5) is 0 Å². The number of ether oxygens (including phenoxy) is 1. The molecule has 0 radical (unpaired) electrons. The maximum absolute atomic E-state index is 5.44. The minimum Gasteiger partial charge on any atom is -0.381 e. The molecule has 1 heterocycles. The zero-order chi connectivity index (χ0) is 24.1. The summed E-state index contributed by atoms with van der Waals surface area (Å²) in [5.74, 6) is 0.865. The summed E-state index contributed by atoms with van der Waals surface area (Å²) < 4.78 is 7.54. The van der Waals surface area contributed by atoms with Gasteiger partial charge in [0.25, 0.3) is 0 Å². The molecule has 0 fully saturated rings. The van der Waals surface area contributed by atoms with Gasteiger partial charge in [0.05, 0.1) is 0 Å². The number of unbranched alkanes of at least 4 members (excludes halogenated alkanes) is 7. The number of hydrogen-bond donors (Lipinski definition) is 2. The van der Waals surface area contributed by atoms with Crippen molar-refractivity contribution in [1.82, 2.24) is 10.2 Å². The number of nitrogens with two attached hydrogens (primary N) is 1. The van der Waals surface area contributed by atoms with Gasteiger partial charge in [-0.1, -0.05) is 101 Å². The van der Waals surface area contributed by atoms with Crippen LogP contribution >= 0.6 is 45.1 Å². The van der Waals surface area contributed by atoms with Crippen LogP contribution in [0.3, 0.4) is 0 Å². The maximum Gasteiger partial charge on any atom is 0.183 e. The molecular formula is C24H49N3OS4. The van der Waals surface area contributed by atoms with Crippen molar-refractivity contribution < 1.29 is 4.74 Å². The molecule has 0 atom stereocenters. The molecule has 0 spiro atoms. The second-order valence-corrected chi connectivity index (χ2v) is 14.1. The summed E-state index contributed by atoms with van der Waals surface area (Å²) in [5.41, 5.74) is 5.37. The summed E-state index contributed by atoms with van der Waals surface area (Å²) in [6, 6.07) is 0. The molecule has 0 aromatic carbocycles. The zero-order valence-electron chi connectivity index (χ0n) is 21.2. The van der Waals surface area contributed by atoms with Crippen LogP contribution in [-0.2, 0) is 4.74 Å². The first-order valence-electron chi connectivity index (χ1n) is 12.5. The second kappa shape index (κ2) is 21.9. The van der Waals surface area contributed by atoms with E-state index in [9.17, 15) is 0 Å². The van der Waals surface area contributed by atoms with E-state index in [2.05, 4.69) is 44.8 Å². The molecular weight excluding hydrogens is 475 g/mol. The second-order valence-electron chi connectivity index (χ2n) is 9.32. The summed E-state index contributed by atoms with van der Waals surface area (Å²) in [6.07, 6.45) is 15.7. The molecule has 8 heteroatoms. The molecule has 3 N–H and O–H groups in total. The number of nitrogens with zero attached hydrogens (tertiary/aromatic N) is 1. The minimum absolute atomic E-state index is 0.311. The lowest BCUT2D eigenvalue weighted by Gasteiger charge is -2.22. The normalized spacial score (nSPS) is 11.6. The van der Waals surface area contributed by atoms with E-state index < -0.39 is 0 Å². The van der Waals surface area contributed by atoms with Crippen molar-refractivity contribution in [2.24, 2.45) is 11.7 Å². The summed E-state index contributed by atoms with van der Waals surface area (Å²) >= 11 is 6.57. The first-order chi connectivity index (χ1) is 15.3. The zero-order valence-corrected chi connectivity index (χ0v) is 24.5. The molecule has 0 aliphatic heterocycles. The summed E-state index contributed by atoms with van der Waals surface area (Å²) in [5, 5.41) is 6.97. The predicted octanol–water partition coefficient (Wildman–Crippen LogP) is 9.04. The Morgan fingerprint density at radius 2 is 1.69 bits per heavy atom. The molecule has 0 aliphatic rings. The third-order valence-electron chi connectivity index (χ3n) is 4.95. The van der Waals surface area contributed by atoms with Crippen LogP contribution in [-0.4, -0.2) is 34.7 Å². The molecule has 1 aromatic rings. The van der Waals surface area contributed by atoms with Crippen LogP contribution in [0, 0.1) is 9.87 Å². The van der Waals surface area contributed by atoms with Gasteiger partial charge in [-0.3, -0.25) is 5.10 Å². The van der Waals surface area contributed by atoms with Gasteiger partial charge in [0, 0.05) is 18.0 Å². The van der Waals surface area contributed by atoms with Crippen LogP contribution in [0.5, 0.6) is 0 Å². The Bertz CT molecular complexity index is 576. The van der Waals surface area contributed by atoms with Crippen LogP contribution in [0.2, 0.25) is 0 Å². The fourth-order valence-corrected chi connectivity index (χ4v) is 6.63. The highest BCUT2D eigenvalue weighted by molar-refractivity contribution is 8.77. The lowest BCUT2D eigenvalue weighted by Crippen LogP contribution is -2.12. The van der Waals surface area contributed by atoms with Gasteiger partial charge in [-0.2, -0.15) is 5.10 Å². The van der Waals surface area contributed by atoms with E-state index in [1.165, 1.54) is 70.6 Å². The highest BCUT2D eigenvalue weighted by Crippen LogP contribution is 2.43. The van der Waals surface area contributed by atoms with Crippen molar-refractivity contribution in [1.29, 1.82) is 0 Å². The minimum atomic E-state index is 0.311.